The Kier molecular flexibility index (Phi) is 3.28. The highest BCUT2D eigenvalue weighted by atomic mass is 19.1. The third kappa shape index (κ3) is 2.35. The summed E-state index contributed by atoms with van der Waals surface area (Å²) < 4.78 is 16.3. The lowest BCUT2D eigenvalue weighted by molar-refractivity contribution is 0.143. The normalized spacial score (nSPS) is 9.79. The Morgan fingerprint density at radius 2 is 2.21 bits per heavy atom. The van der Waals surface area contributed by atoms with Crippen molar-refractivity contribution in [2.75, 3.05) is 6.67 Å². The monoisotopic (exact) mass is 200 g/mol. The average Bonchev–Trinajstić information content (AvgIpc) is 2.11. The molecule has 1 aromatic rings. The molecule has 1 aromatic carbocycles. The van der Waals surface area contributed by atoms with Crippen LogP contribution in [0.4, 0.5) is 9.18 Å². The summed E-state index contributed by atoms with van der Waals surface area (Å²) in [4.78, 5) is 10.2. The Morgan fingerprint density at radius 3 is 2.79 bits per heavy atom. The van der Waals surface area contributed by atoms with E-state index < -0.39 is 12.8 Å². The SMILES string of the molecule is O=C(O)Oc1cccc(CCF)c1O. The van der Waals surface area contributed by atoms with Gasteiger partial charge in [-0.2, -0.15) is 0 Å². The molecular formula is C9H9FO4. The highest BCUT2D eigenvalue weighted by Gasteiger charge is 2.10. The zero-order valence-electron chi connectivity index (χ0n) is 7.24. The lowest BCUT2D eigenvalue weighted by Crippen LogP contribution is -2.03. The summed E-state index contributed by atoms with van der Waals surface area (Å²) in [5.41, 5.74) is 0.325. The Morgan fingerprint density at radius 1 is 1.50 bits per heavy atom. The molecular weight excluding hydrogens is 191 g/mol. The number of para-hydroxylation sites is 1. The van der Waals surface area contributed by atoms with E-state index in [2.05, 4.69) is 4.74 Å². The lowest BCUT2D eigenvalue weighted by Gasteiger charge is -2.06. The summed E-state index contributed by atoms with van der Waals surface area (Å²) in [5.74, 6) is -0.504. The van der Waals surface area contributed by atoms with Crippen LogP contribution in [-0.4, -0.2) is 23.0 Å². The van der Waals surface area contributed by atoms with Crippen LogP contribution in [0.3, 0.4) is 0 Å². The Labute approximate surface area is 79.6 Å². The summed E-state index contributed by atoms with van der Waals surface area (Å²) in [6.45, 7) is -0.621. The number of halogens is 1. The number of hydrogen-bond donors (Lipinski definition) is 2. The van der Waals surface area contributed by atoms with Gasteiger partial charge in [0, 0.05) is 12.0 Å². The number of carboxylic acid groups (broad SMARTS) is 1. The van der Waals surface area contributed by atoms with Gasteiger partial charge in [0.2, 0.25) is 0 Å². The third-order valence-electron chi connectivity index (χ3n) is 1.64. The Bertz CT molecular complexity index is 338. The largest absolute Gasteiger partial charge is 0.511 e. The fraction of sp³-hybridized carbons (Fsp3) is 0.222. The average molecular weight is 200 g/mol. The predicted octanol–water partition coefficient (Wildman–Crippen LogP) is 1.96. The van der Waals surface area contributed by atoms with Crippen molar-refractivity contribution in [1.29, 1.82) is 0 Å². The van der Waals surface area contributed by atoms with Gasteiger partial charge < -0.3 is 14.9 Å². The van der Waals surface area contributed by atoms with Gasteiger partial charge in [0.25, 0.3) is 0 Å². The first-order valence-corrected chi connectivity index (χ1v) is 3.92. The van der Waals surface area contributed by atoms with Crippen molar-refractivity contribution in [2.24, 2.45) is 0 Å². The standard InChI is InChI=1S/C9H9FO4/c10-5-4-6-2-1-3-7(8(6)11)14-9(12)13/h1-3,11H,4-5H2,(H,12,13). The topological polar surface area (TPSA) is 66.8 Å². The van der Waals surface area contributed by atoms with Gasteiger partial charge in [-0.15, -0.1) is 0 Å². The molecule has 0 unspecified atom stereocenters. The second kappa shape index (κ2) is 4.45. The van der Waals surface area contributed by atoms with Crippen LogP contribution in [0.15, 0.2) is 18.2 Å². The van der Waals surface area contributed by atoms with E-state index in [-0.39, 0.29) is 17.9 Å². The van der Waals surface area contributed by atoms with Crippen LogP contribution in [0.5, 0.6) is 11.5 Å². The molecule has 0 atom stereocenters. The molecule has 5 heteroatoms. The molecule has 0 amide bonds. The second-order valence-electron chi connectivity index (χ2n) is 2.57. The van der Waals surface area contributed by atoms with E-state index in [4.69, 9.17) is 5.11 Å². The number of carbonyl (C=O) groups is 1. The van der Waals surface area contributed by atoms with E-state index >= 15 is 0 Å². The lowest BCUT2D eigenvalue weighted by atomic mass is 10.1. The second-order valence-corrected chi connectivity index (χ2v) is 2.57. The van der Waals surface area contributed by atoms with Gasteiger partial charge in [-0.1, -0.05) is 12.1 Å². The zero-order valence-corrected chi connectivity index (χ0v) is 7.24. The van der Waals surface area contributed by atoms with Crippen molar-refractivity contribution in [3.63, 3.8) is 0 Å². The number of rotatable bonds is 3. The molecule has 4 nitrogen and oxygen atoms in total. The highest BCUT2D eigenvalue weighted by molar-refractivity contribution is 5.63. The van der Waals surface area contributed by atoms with Crippen molar-refractivity contribution in [2.45, 2.75) is 6.42 Å². The van der Waals surface area contributed by atoms with E-state index in [1.807, 2.05) is 0 Å². The maximum atomic E-state index is 12.0. The molecule has 76 valence electrons. The van der Waals surface area contributed by atoms with Gasteiger partial charge in [0.15, 0.2) is 11.5 Å². The number of benzene rings is 1. The molecule has 0 aromatic heterocycles. The first-order chi connectivity index (χ1) is 6.65. The minimum Gasteiger partial charge on any atom is -0.504 e. The van der Waals surface area contributed by atoms with E-state index in [0.29, 0.717) is 5.56 Å². The van der Waals surface area contributed by atoms with Crippen molar-refractivity contribution >= 4 is 6.16 Å². The quantitative estimate of drug-likeness (QED) is 0.578. The summed E-state index contributed by atoms with van der Waals surface area (Å²) in [7, 11) is 0. The Balaban J connectivity index is 2.94. The maximum Gasteiger partial charge on any atom is 0.511 e. The number of ether oxygens (including phenoxy) is 1. The van der Waals surface area contributed by atoms with Gasteiger partial charge >= 0.3 is 6.16 Å². The summed E-state index contributed by atoms with van der Waals surface area (Å²) in [6.07, 6.45) is -1.49. The van der Waals surface area contributed by atoms with Crippen LogP contribution in [0.25, 0.3) is 0 Å². The molecule has 0 saturated carbocycles. The molecule has 0 aliphatic heterocycles. The van der Waals surface area contributed by atoms with E-state index in [1.165, 1.54) is 18.2 Å². The third-order valence-corrected chi connectivity index (χ3v) is 1.64. The molecule has 0 aliphatic carbocycles. The molecule has 0 bridgehead atoms. The van der Waals surface area contributed by atoms with Gasteiger partial charge in [0.05, 0.1) is 6.67 Å². The fourth-order valence-electron chi connectivity index (χ4n) is 1.05. The zero-order chi connectivity index (χ0) is 10.6. The van der Waals surface area contributed by atoms with Crippen molar-refractivity contribution < 1.29 is 24.1 Å². The van der Waals surface area contributed by atoms with Crippen molar-refractivity contribution in [3.8, 4) is 11.5 Å². The first-order valence-electron chi connectivity index (χ1n) is 3.92. The number of phenolic OH excluding ortho intramolecular Hbond substituents is 1. The molecule has 1 rings (SSSR count). The molecule has 0 spiro atoms. The van der Waals surface area contributed by atoms with E-state index in [1.54, 1.807) is 0 Å². The molecule has 0 radical (unpaired) electrons. The van der Waals surface area contributed by atoms with Gasteiger partial charge in [0.1, 0.15) is 0 Å². The number of aryl methyl sites for hydroxylation is 1. The summed E-state index contributed by atoms with van der Waals surface area (Å²) in [6, 6.07) is 4.29. The highest BCUT2D eigenvalue weighted by Crippen LogP contribution is 2.30. The van der Waals surface area contributed by atoms with Gasteiger partial charge in [-0.3, -0.25) is 4.39 Å². The van der Waals surface area contributed by atoms with Crippen LogP contribution >= 0.6 is 0 Å². The number of hydrogen-bond acceptors (Lipinski definition) is 3. The van der Waals surface area contributed by atoms with Crippen LogP contribution < -0.4 is 4.74 Å². The molecule has 0 fully saturated rings. The minimum atomic E-state index is -1.52. The summed E-state index contributed by atoms with van der Waals surface area (Å²) in [5, 5.41) is 17.7. The Hall–Kier alpha value is -1.78. The van der Waals surface area contributed by atoms with Crippen LogP contribution in [-0.2, 0) is 6.42 Å². The predicted molar refractivity (Wildman–Crippen MR) is 46.4 cm³/mol. The van der Waals surface area contributed by atoms with Gasteiger partial charge in [-0.05, 0) is 6.07 Å². The van der Waals surface area contributed by atoms with Gasteiger partial charge in [-0.25, -0.2) is 4.79 Å². The number of aromatic hydroxyl groups is 1. The van der Waals surface area contributed by atoms with E-state index in [0.717, 1.165) is 0 Å². The fourth-order valence-corrected chi connectivity index (χ4v) is 1.05. The number of phenols is 1. The molecule has 0 heterocycles. The van der Waals surface area contributed by atoms with Crippen LogP contribution in [0, 0.1) is 0 Å². The molecule has 0 aliphatic rings. The van der Waals surface area contributed by atoms with Crippen molar-refractivity contribution in [1.82, 2.24) is 0 Å². The van der Waals surface area contributed by atoms with Crippen molar-refractivity contribution in [3.05, 3.63) is 23.8 Å². The van der Waals surface area contributed by atoms with Crippen LogP contribution in [0.2, 0.25) is 0 Å². The van der Waals surface area contributed by atoms with Crippen LogP contribution in [0.1, 0.15) is 5.56 Å². The smallest absolute Gasteiger partial charge is 0.504 e. The maximum absolute atomic E-state index is 12.0. The molecule has 2 N–H and O–H groups in total. The minimum absolute atomic E-state index is 0.0304. The number of alkyl halides is 1. The molecule has 14 heavy (non-hydrogen) atoms. The van der Waals surface area contributed by atoms with E-state index in [9.17, 15) is 14.3 Å². The molecule has 0 saturated heterocycles. The summed E-state index contributed by atoms with van der Waals surface area (Å²) >= 11 is 0. The first kappa shape index (κ1) is 10.3.